The molecule has 0 aliphatic rings. The molecule has 0 aromatic carbocycles. The van der Waals surface area contributed by atoms with Crippen LogP contribution in [0, 0.1) is 17.8 Å². The number of unbranched alkanes of at least 4 members (excludes halogenated alkanes) is 17. The van der Waals surface area contributed by atoms with Gasteiger partial charge < -0.3 is 14.2 Å². The predicted octanol–water partition coefficient (Wildman–Crippen LogP) is 12.9. The standard InChI is InChI=1S/C43H82O6/c1-7-38(5)30-24-18-13-15-21-27-33-42(45)48-36-40(49-43(46)34-28-22-16-14-19-25-31-39(6)8-2)35-47-41(44)32-26-20-12-10-9-11-17-23-29-37(3)4/h37-40H,7-36H2,1-6H3/t38?,39?,40-/m1/s1. The van der Waals surface area contributed by atoms with E-state index in [4.69, 9.17) is 14.2 Å². The second kappa shape index (κ2) is 34.8. The van der Waals surface area contributed by atoms with Crippen molar-refractivity contribution >= 4 is 17.9 Å². The molecule has 0 aliphatic carbocycles. The lowest BCUT2D eigenvalue weighted by Crippen LogP contribution is -2.30. The molecule has 3 atom stereocenters. The SMILES string of the molecule is CCC(C)CCCCCCCCC(=O)OC[C@@H](COC(=O)CCCCCCCCCCC(C)C)OC(=O)CCCCCCCCC(C)CC. The normalized spacial score (nSPS) is 13.3. The van der Waals surface area contributed by atoms with E-state index in [2.05, 4.69) is 41.5 Å². The lowest BCUT2D eigenvalue weighted by Gasteiger charge is -2.18. The Labute approximate surface area is 304 Å². The smallest absolute Gasteiger partial charge is 0.306 e. The summed E-state index contributed by atoms with van der Waals surface area (Å²) in [4.78, 5) is 37.5. The van der Waals surface area contributed by atoms with Gasteiger partial charge in [0.25, 0.3) is 0 Å². The first-order valence-electron chi connectivity index (χ1n) is 21.2. The summed E-state index contributed by atoms with van der Waals surface area (Å²) >= 11 is 0. The topological polar surface area (TPSA) is 78.9 Å². The van der Waals surface area contributed by atoms with Gasteiger partial charge in [-0.25, -0.2) is 0 Å². The van der Waals surface area contributed by atoms with E-state index in [0.29, 0.717) is 19.3 Å². The Balaban J connectivity index is 4.39. The summed E-state index contributed by atoms with van der Waals surface area (Å²) in [5.74, 6) is 1.55. The van der Waals surface area contributed by atoms with Gasteiger partial charge in [0, 0.05) is 19.3 Å². The molecule has 2 unspecified atom stereocenters. The van der Waals surface area contributed by atoms with Gasteiger partial charge in [0.15, 0.2) is 6.10 Å². The van der Waals surface area contributed by atoms with Crippen molar-refractivity contribution in [3.8, 4) is 0 Å². The van der Waals surface area contributed by atoms with E-state index in [1.54, 1.807) is 0 Å². The summed E-state index contributed by atoms with van der Waals surface area (Å²) in [6.45, 7) is 13.6. The third kappa shape index (κ3) is 34.6. The Morgan fingerprint density at radius 1 is 0.408 bits per heavy atom. The number of rotatable bonds is 36. The highest BCUT2D eigenvalue weighted by molar-refractivity contribution is 5.71. The Hall–Kier alpha value is -1.59. The molecule has 49 heavy (non-hydrogen) atoms. The molecule has 0 radical (unpaired) electrons. The van der Waals surface area contributed by atoms with Crippen molar-refractivity contribution in [2.45, 2.75) is 227 Å². The molecule has 0 N–H and O–H groups in total. The quantitative estimate of drug-likeness (QED) is 0.0369. The molecule has 290 valence electrons. The van der Waals surface area contributed by atoms with Crippen LogP contribution in [0.15, 0.2) is 0 Å². The fraction of sp³-hybridized carbons (Fsp3) is 0.930. The number of ether oxygens (including phenoxy) is 3. The van der Waals surface area contributed by atoms with Crippen LogP contribution in [0.2, 0.25) is 0 Å². The fourth-order valence-corrected chi connectivity index (χ4v) is 6.11. The zero-order valence-corrected chi connectivity index (χ0v) is 33.5. The van der Waals surface area contributed by atoms with E-state index in [1.807, 2.05) is 0 Å². The van der Waals surface area contributed by atoms with Gasteiger partial charge >= 0.3 is 17.9 Å². The third-order valence-electron chi connectivity index (χ3n) is 10.1. The molecule has 0 aliphatic heterocycles. The van der Waals surface area contributed by atoms with Gasteiger partial charge in [-0.05, 0) is 37.0 Å². The van der Waals surface area contributed by atoms with Gasteiger partial charge in [-0.2, -0.15) is 0 Å². The van der Waals surface area contributed by atoms with E-state index in [1.165, 1.54) is 103 Å². The van der Waals surface area contributed by atoms with Crippen molar-refractivity contribution in [2.75, 3.05) is 13.2 Å². The number of hydrogen-bond donors (Lipinski definition) is 0. The fourth-order valence-electron chi connectivity index (χ4n) is 6.11. The minimum atomic E-state index is -0.762. The Kier molecular flexibility index (Phi) is 33.7. The third-order valence-corrected chi connectivity index (χ3v) is 10.1. The molecule has 6 nitrogen and oxygen atoms in total. The van der Waals surface area contributed by atoms with Crippen LogP contribution in [0.25, 0.3) is 0 Å². The molecule has 0 aromatic rings. The largest absolute Gasteiger partial charge is 0.462 e. The van der Waals surface area contributed by atoms with Crippen LogP contribution in [0.5, 0.6) is 0 Å². The van der Waals surface area contributed by atoms with E-state index in [9.17, 15) is 14.4 Å². The predicted molar refractivity (Wildman–Crippen MR) is 206 cm³/mol. The summed E-state index contributed by atoms with van der Waals surface area (Å²) in [7, 11) is 0. The lowest BCUT2D eigenvalue weighted by atomic mass is 10.00. The van der Waals surface area contributed by atoms with Crippen LogP contribution in [-0.4, -0.2) is 37.2 Å². The number of carbonyl (C=O) groups is 3. The summed E-state index contributed by atoms with van der Waals surface area (Å²) in [6, 6.07) is 0. The van der Waals surface area contributed by atoms with Gasteiger partial charge in [-0.15, -0.1) is 0 Å². The highest BCUT2D eigenvalue weighted by Gasteiger charge is 2.19. The van der Waals surface area contributed by atoms with Crippen molar-refractivity contribution in [3.05, 3.63) is 0 Å². The van der Waals surface area contributed by atoms with Crippen LogP contribution in [0.3, 0.4) is 0 Å². The molecule has 0 heterocycles. The first-order chi connectivity index (χ1) is 23.7. The summed E-state index contributed by atoms with van der Waals surface area (Å²) in [6.07, 6.45) is 29.5. The minimum absolute atomic E-state index is 0.0684. The molecular formula is C43H82O6. The maximum Gasteiger partial charge on any atom is 0.306 e. The van der Waals surface area contributed by atoms with Gasteiger partial charge in [-0.1, -0.05) is 183 Å². The van der Waals surface area contributed by atoms with Crippen LogP contribution < -0.4 is 0 Å². The van der Waals surface area contributed by atoms with Crippen molar-refractivity contribution < 1.29 is 28.6 Å². The average Bonchev–Trinajstić information content (AvgIpc) is 3.08. The van der Waals surface area contributed by atoms with Crippen LogP contribution in [0.1, 0.15) is 221 Å². The van der Waals surface area contributed by atoms with Crippen molar-refractivity contribution in [1.82, 2.24) is 0 Å². The molecule has 0 fully saturated rings. The maximum absolute atomic E-state index is 12.6. The number of esters is 3. The molecule has 0 amide bonds. The zero-order chi connectivity index (χ0) is 36.4. The maximum atomic E-state index is 12.6. The summed E-state index contributed by atoms with van der Waals surface area (Å²) in [5.41, 5.74) is 0. The van der Waals surface area contributed by atoms with Crippen LogP contribution in [-0.2, 0) is 28.6 Å². The van der Waals surface area contributed by atoms with Gasteiger partial charge in [0.2, 0.25) is 0 Å². The number of carbonyl (C=O) groups excluding carboxylic acids is 3. The second-order valence-electron chi connectivity index (χ2n) is 15.6. The Bertz CT molecular complexity index is 765. The first-order valence-corrected chi connectivity index (χ1v) is 21.2. The van der Waals surface area contributed by atoms with Gasteiger partial charge in [0.05, 0.1) is 0 Å². The molecule has 0 bridgehead atoms. The summed E-state index contributed by atoms with van der Waals surface area (Å²) in [5, 5.41) is 0. The summed E-state index contributed by atoms with van der Waals surface area (Å²) < 4.78 is 16.6. The molecule has 0 aromatic heterocycles. The van der Waals surface area contributed by atoms with Gasteiger partial charge in [-0.3, -0.25) is 14.4 Å². The monoisotopic (exact) mass is 695 g/mol. The van der Waals surface area contributed by atoms with Crippen LogP contribution in [0.4, 0.5) is 0 Å². The van der Waals surface area contributed by atoms with E-state index < -0.39 is 6.10 Å². The van der Waals surface area contributed by atoms with Crippen molar-refractivity contribution in [3.63, 3.8) is 0 Å². The minimum Gasteiger partial charge on any atom is -0.462 e. The molecule has 0 spiro atoms. The highest BCUT2D eigenvalue weighted by atomic mass is 16.6. The molecule has 0 saturated carbocycles. The van der Waals surface area contributed by atoms with E-state index in [0.717, 1.165) is 75.5 Å². The zero-order valence-electron chi connectivity index (χ0n) is 33.5. The van der Waals surface area contributed by atoms with Crippen molar-refractivity contribution in [2.24, 2.45) is 17.8 Å². The average molecular weight is 695 g/mol. The number of hydrogen-bond acceptors (Lipinski definition) is 6. The Morgan fingerprint density at radius 2 is 0.714 bits per heavy atom. The molecule has 6 heteroatoms. The molecular weight excluding hydrogens is 612 g/mol. The lowest BCUT2D eigenvalue weighted by molar-refractivity contribution is -0.167. The second-order valence-corrected chi connectivity index (χ2v) is 15.6. The van der Waals surface area contributed by atoms with Crippen LogP contribution >= 0.6 is 0 Å². The van der Waals surface area contributed by atoms with Crippen molar-refractivity contribution in [1.29, 1.82) is 0 Å². The van der Waals surface area contributed by atoms with Gasteiger partial charge in [0.1, 0.15) is 13.2 Å². The van der Waals surface area contributed by atoms with E-state index in [-0.39, 0.29) is 31.1 Å². The first kappa shape index (κ1) is 47.4. The Morgan fingerprint density at radius 3 is 1.06 bits per heavy atom. The molecule has 0 saturated heterocycles. The highest BCUT2D eigenvalue weighted by Crippen LogP contribution is 2.17. The molecule has 0 rings (SSSR count). The van der Waals surface area contributed by atoms with E-state index >= 15 is 0 Å².